The molecular weight excluding hydrogens is 344 g/mol. The number of amides is 1. The highest BCUT2D eigenvalue weighted by molar-refractivity contribution is 7.99. The summed E-state index contributed by atoms with van der Waals surface area (Å²) >= 11 is 1.24. The third-order valence-corrected chi connectivity index (χ3v) is 4.60. The maximum absolute atomic E-state index is 13.6. The summed E-state index contributed by atoms with van der Waals surface area (Å²) in [6, 6.07) is 12.8. The Kier molecular flexibility index (Phi) is 5.14. The van der Waals surface area contributed by atoms with Gasteiger partial charge in [0.1, 0.15) is 11.6 Å². The summed E-state index contributed by atoms with van der Waals surface area (Å²) in [4.78, 5) is 16.3. The lowest BCUT2D eigenvalue weighted by Crippen LogP contribution is -2.15. The van der Waals surface area contributed by atoms with Gasteiger partial charge in [0, 0.05) is 13.1 Å². The molecule has 0 aliphatic rings. The van der Waals surface area contributed by atoms with Gasteiger partial charge in [0.2, 0.25) is 5.91 Å². The van der Waals surface area contributed by atoms with Crippen LogP contribution in [0.1, 0.15) is 0 Å². The van der Waals surface area contributed by atoms with Crippen LogP contribution in [0.5, 0.6) is 0 Å². The number of carbonyl (C=O) groups is 1. The zero-order valence-electron chi connectivity index (χ0n) is 13.4. The van der Waals surface area contributed by atoms with Gasteiger partial charge in [0.05, 0.1) is 23.3 Å². The molecule has 7 heteroatoms. The quantitative estimate of drug-likeness (QED) is 0.698. The molecule has 1 heterocycles. The molecule has 2 aromatic carbocycles. The Hall–Kier alpha value is -2.67. The lowest BCUT2D eigenvalue weighted by Gasteiger charge is -2.07. The number of benzene rings is 2. The third-order valence-electron chi connectivity index (χ3n) is 3.55. The lowest BCUT2D eigenvalue weighted by atomic mass is 10.2. The number of carbonyl (C=O) groups excluding carboxylic acids is 1. The Balaban J connectivity index is 1.64. The molecule has 4 nitrogen and oxygen atoms in total. The van der Waals surface area contributed by atoms with Gasteiger partial charge < -0.3 is 9.88 Å². The van der Waals surface area contributed by atoms with Crippen LogP contribution in [-0.2, 0) is 11.8 Å². The molecule has 0 saturated heterocycles. The van der Waals surface area contributed by atoms with Crippen LogP contribution in [0.15, 0.2) is 59.9 Å². The van der Waals surface area contributed by atoms with Crippen molar-refractivity contribution in [3.05, 3.63) is 66.4 Å². The van der Waals surface area contributed by atoms with E-state index in [0.717, 1.165) is 23.4 Å². The van der Waals surface area contributed by atoms with Crippen molar-refractivity contribution in [1.29, 1.82) is 0 Å². The van der Waals surface area contributed by atoms with E-state index >= 15 is 0 Å². The van der Waals surface area contributed by atoms with Crippen molar-refractivity contribution in [2.24, 2.45) is 7.05 Å². The second-order valence-corrected chi connectivity index (χ2v) is 6.25. The normalized spacial score (nSPS) is 10.7. The van der Waals surface area contributed by atoms with Crippen molar-refractivity contribution < 1.29 is 13.6 Å². The molecule has 3 rings (SSSR count). The lowest BCUT2D eigenvalue weighted by molar-refractivity contribution is -0.113. The molecule has 25 heavy (non-hydrogen) atoms. The van der Waals surface area contributed by atoms with E-state index < -0.39 is 11.6 Å². The predicted octanol–water partition coefficient (Wildman–Crippen LogP) is 4.10. The molecule has 0 radical (unpaired) electrons. The average molecular weight is 359 g/mol. The van der Waals surface area contributed by atoms with Gasteiger partial charge >= 0.3 is 0 Å². The van der Waals surface area contributed by atoms with Crippen LogP contribution in [-0.4, -0.2) is 21.2 Å². The average Bonchev–Trinajstić information content (AvgIpc) is 2.97. The molecule has 0 fully saturated rings. The van der Waals surface area contributed by atoms with E-state index in [2.05, 4.69) is 10.3 Å². The molecule has 1 amide bonds. The molecule has 3 aromatic rings. The molecule has 0 bridgehead atoms. The van der Waals surface area contributed by atoms with E-state index in [-0.39, 0.29) is 17.3 Å². The van der Waals surface area contributed by atoms with Crippen molar-refractivity contribution in [3.8, 4) is 11.3 Å². The SMILES string of the molecule is Cn1c(-c2ccccc2)cnc1SCC(=O)Nc1ccc(F)cc1F. The van der Waals surface area contributed by atoms with Crippen molar-refractivity contribution in [2.75, 3.05) is 11.1 Å². The van der Waals surface area contributed by atoms with Gasteiger partial charge in [-0.25, -0.2) is 13.8 Å². The highest BCUT2D eigenvalue weighted by Gasteiger charge is 2.12. The molecule has 0 aliphatic carbocycles. The molecule has 128 valence electrons. The number of nitrogens with one attached hydrogen (secondary N) is 1. The fourth-order valence-corrected chi connectivity index (χ4v) is 3.06. The fraction of sp³-hybridized carbons (Fsp3) is 0.111. The van der Waals surface area contributed by atoms with E-state index in [4.69, 9.17) is 0 Å². The molecule has 0 atom stereocenters. The van der Waals surface area contributed by atoms with Crippen LogP contribution in [0, 0.1) is 11.6 Å². The Morgan fingerprint density at radius 2 is 1.96 bits per heavy atom. The zero-order chi connectivity index (χ0) is 17.8. The number of aromatic nitrogens is 2. The van der Waals surface area contributed by atoms with Gasteiger partial charge in [0.25, 0.3) is 0 Å². The summed E-state index contributed by atoms with van der Waals surface area (Å²) < 4.78 is 28.3. The fourth-order valence-electron chi connectivity index (χ4n) is 2.31. The van der Waals surface area contributed by atoms with Gasteiger partial charge in [-0.2, -0.15) is 0 Å². The van der Waals surface area contributed by atoms with Crippen molar-refractivity contribution >= 4 is 23.4 Å². The van der Waals surface area contributed by atoms with E-state index in [0.29, 0.717) is 5.16 Å². The molecule has 0 saturated carbocycles. The summed E-state index contributed by atoms with van der Waals surface area (Å²) in [5.41, 5.74) is 1.92. The molecule has 0 unspecified atom stereocenters. The molecule has 0 aliphatic heterocycles. The maximum Gasteiger partial charge on any atom is 0.234 e. The third kappa shape index (κ3) is 4.06. The van der Waals surface area contributed by atoms with Crippen LogP contribution < -0.4 is 5.32 Å². The second-order valence-electron chi connectivity index (χ2n) is 5.31. The molecule has 1 aromatic heterocycles. The Bertz CT molecular complexity index is 897. The first-order chi connectivity index (χ1) is 12.0. The number of nitrogens with zero attached hydrogens (tertiary/aromatic N) is 2. The van der Waals surface area contributed by atoms with Gasteiger partial charge in [-0.1, -0.05) is 42.1 Å². The summed E-state index contributed by atoms with van der Waals surface area (Å²) in [5.74, 6) is -1.82. The van der Waals surface area contributed by atoms with Gasteiger partial charge in [-0.05, 0) is 17.7 Å². The molecule has 1 N–H and O–H groups in total. The first kappa shape index (κ1) is 17.2. The number of hydrogen-bond acceptors (Lipinski definition) is 3. The largest absolute Gasteiger partial charge is 0.323 e. The standard InChI is InChI=1S/C18H15F2N3OS/c1-23-16(12-5-3-2-4-6-12)10-21-18(23)25-11-17(24)22-15-8-7-13(19)9-14(15)20/h2-10H,11H2,1H3,(H,22,24). The zero-order valence-corrected chi connectivity index (χ0v) is 14.2. The van der Waals surface area contributed by atoms with E-state index in [9.17, 15) is 13.6 Å². The molecule has 0 spiro atoms. The predicted molar refractivity (Wildman–Crippen MR) is 94.4 cm³/mol. The number of anilines is 1. The smallest absolute Gasteiger partial charge is 0.234 e. The number of rotatable bonds is 5. The summed E-state index contributed by atoms with van der Waals surface area (Å²) in [6.45, 7) is 0. The minimum absolute atomic E-state index is 0.0446. The van der Waals surface area contributed by atoms with Gasteiger partial charge in [-0.3, -0.25) is 4.79 Å². The maximum atomic E-state index is 13.6. The van der Waals surface area contributed by atoms with Crippen molar-refractivity contribution in [3.63, 3.8) is 0 Å². The van der Waals surface area contributed by atoms with Crippen molar-refractivity contribution in [2.45, 2.75) is 5.16 Å². The van der Waals surface area contributed by atoms with Crippen LogP contribution in [0.2, 0.25) is 0 Å². The Morgan fingerprint density at radius 1 is 1.20 bits per heavy atom. The highest BCUT2D eigenvalue weighted by atomic mass is 32.2. The Morgan fingerprint density at radius 3 is 2.68 bits per heavy atom. The van der Waals surface area contributed by atoms with E-state index in [1.807, 2.05) is 41.9 Å². The Labute approximate surface area is 147 Å². The van der Waals surface area contributed by atoms with E-state index in [1.165, 1.54) is 17.8 Å². The van der Waals surface area contributed by atoms with E-state index in [1.54, 1.807) is 6.20 Å². The minimum Gasteiger partial charge on any atom is -0.323 e. The molecular formula is C18H15F2N3OS. The summed E-state index contributed by atoms with van der Waals surface area (Å²) in [5, 5.41) is 3.10. The van der Waals surface area contributed by atoms with Crippen LogP contribution in [0.4, 0.5) is 14.5 Å². The van der Waals surface area contributed by atoms with Gasteiger partial charge in [-0.15, -0.1) is 0 Å². The first-order valence-corrected chi connectivity index (χ1v) is 8.48. The number of thioether (sulfide) groups is 1. The van der Waals surface area contributed by atoms with Crippen molar-refractivity contribution in [1.82, 2.24) is 9.55 Å². The topological polar surface area (TPSA) is 46.9 Å². The van der Waals surface area contributed by atoms with Crippen LogP contribution >= 0.6 is 11.8 Å². The minimum atomic E-state index is -0.804. The highest BCUT2D eigenvalue weighted by Crippen LogP contribution is 2.25. The van der Waals surface area contributed by atoms with Crippen LogP contribution in [0.3, 0.4) is 0 Å². The summed E-state index contributed by atoms with van der Waals surface area (Å²) in [6.07, 6.45) is 1.75. The number of imidazole rings is 1. The number of hydrogen-bond donors (Lipinski definition) is 1. The second kappa shape index (κ2) is 7.48. The van der Waals surface area contributed by atoms with Crippen LogP contribution in [0.25, 0.3) is 11.3 Å². The first-order valence-electron chi connectivity index (χ1n) is 7.49. The summed E-state index contributed by atoms with van der Waals surface area (Å²) in [7, 11) is 1.87. The monoisotopic (exact) mass is 359 g/mol. The number of halogens is 2. The van der Waals surface area contributed by atoms with Gasteiger partial charge in [0.15, 0.2) is 5.16 Å².